The Kier molecular flexibility index (Phi) is 9.69. The van der Waals surface area contributed by atoms with Crippen molar-refractivity contribution in [2.24, 2.45) is 0 Å². The fourth-order valence-electron chi connectivity index (χ4n) is 12.9. The van der Waals surface area contributed by atoms with E-state index >= 15 is 0 Å². The predicted molar refractivity (Wildman–Crippen MR) is 324 cm³/mol. The first kappa shape index (κ1) is 43.6. The minimum atomic E-state index is -1.97. The van der Waals surface area contributed by atoms with Crippen LogP contribution < -0.4 is 0 Å². The van der Waals surface area contributed by atoms with E-state index in [1.54, 1.807) is 0 Å². The molecule has 0 aliphatic rings. The van der Waals surface area contributed by atoms with Gasteiger partial charge in [-0.25, -0.2) is 0 Å². The third-order valence-electron chi connectivity index (χ3n) is 16.0. The SMILES string of the molecule is c1ccc(-n2c3ccc(-n4c5ccccc5c5cc(-n6c7ccccc7c7ccccc76)cc(-n6c7ccccc7c7ccccc76)c54)cc3c3cc(S(c4ccccc4)(c4ccccc4)c4ccccc4)ccc32)cc1. The van der Waals surface area contributed by atoms with E-state index in [9.17, 15) is 0 Å². The van der Waals surface area contributed by atoms with Crippen molar-refractivity contribution in [1.82, 2.24) is 18.3 Å². The van der Waals surface area contributed by atoms with Crippen molar-refractivity contribution < 1.29 is 0 Å². The molecule has 0 spiro atoms. The zero-order chi connectivity index (χ0) is 50.6. The fraction of sp³-hybridized carbons (Fsp3) is 0. The molecule has 5 heteroatoms. The van der Waals surface area contributed by atoms with E-state index in [1.807, 2.05) is 0 Å². The van der Waals surface area contributed by atoms with Gasteiger partial charge in [0.25, 0.3) is 0 Å². The average Bonchev–Trinajstić information content (AvgIpc) is 4.42. The topological polar surface area (TPSA) is 19.7 Å². The van der Waals surface area contributed by atoms with E-state index in [1.165, 1.54) is 90.3 Å². The van der Waals surface area contributed by atoms with Crippen LogP contribution in [0.1, 0.15) is 0 Å². The van der Waals surface area contributed by atoms with Crippen LogP contribution in [0.15, 0.2) is 311 Å². The Morgan fingerprint density at radius 2 is 0.545 bits per heavy atom. The van der Waals surface area contributed by atoms with Gasteiger partial charge in [0, 0.05) is 79.7 Å². The summed E-state index contributed by atoms with van der Waals surface area (Å²) in [6.45, 7) is 0. The van der Waals surface area contributed by atoms with E-state index in [2.05, 4.69) is 309 Å². The van der Waals surface area contributed by atoms with Crippen molar-refractivity contribution in [2.75, 3.05) is 0 Å². The summed E-state index contributed by atoms with van der Waals surface area (Å²) in [6.07, 6.45) is 0. The van der Waals surface area contributed by atoms with Crippen molar-refractivity contribution >= 4 is 97.3 Å². The van der Waals surface area contributed by atoms with Crippen LogP contribution in [0.5, 0.6) is 0 Å². The number of aromatic nitrogens is 4. The lowest BCUT2D eigenvalue weighted by atomic mass is 10.1. The quantitative estimate of drug-likeness (QED) is 0.145. The van der Waals surface area contributed by atoms with Crippen molar-refractivity contribution in [2.45, 2.75) is 19.6 Å². The number of para-hydroxylation sites is 6. The van der Waals surface area contributed by atoms with Gasteiger partial charge in [0.1, 0.15) is 0 Å². The Labute approximate surface area is 446 Å². The molecular weight excluding hydrogens is 953 g/mol. The second-order valence-electron chi connectivity index (χ2n) is 20.1. The van der Waals surface area contributed by atoms with E-state index in [0.717, 1.165) is 39.3 Å². The maximum atomic E-state index is 2.54. The number of hydrogen-bond donors (Lipinski definition) is 0. The zero-order valence-electron chi connectivity index (χ0n) is 41.9. The van der Waals surface area contributed by atoms with Crippen molar-refractivity contribution in [1.29, 1.82) is 0 Å². The Morgan fingerprint density at radius 3 is 1.04 bits per heavy atom. The molecule has 77 heavy (non-hydrogen) atoms. The summed E-state index contributed by atoms with van der Waals surface area (Å²) >= 11 is 0. The van der Waals surface area contributed by atoms with Gasteiger partial charge in [-0.05, 0) is 127 Å². The number of nitrogens with zero attached hydrogens (tertiary/aromatic N) is 4. The molecule has 0 radical (unpaired) electrons. The lowest BCUT2D eigenvalue weighted by Crippen LogP contribution is -2.05. The first-order valence-corrected chi connectivity index (χ1v) is 28.0. The summed E-state index contributed by atoms with van der Waals surface area (Å²) < 4.78 is 9.99. The normalized spacial score (nSPS) is 12.4. The Balaban J connectivity index is 1.04. The molecule has 16 rings (SSSR count). The third kappa shape index (κ3) is 6.35. The van der Waals surface area contributed by atoms with Gasteiger partial charge < -0.3 is 18.3 Å². The molecule has 0 amide bonds. The lowest BCUT2D eigenvalue weighted by Gasteiger charge is -2.42. The van der Waals surface area contributed by atoms with Gasteiger partial charge in [-0.3, -0.25) is 0 Å². The zero-order valence-corrected chi connectivity index (χ0v) is 42.7. The first-order chi connectivity index (χ1) is 38.2. The molecule has 0 saturated carbocycles. The number of hydrogen-bond acceptors (Lipinski definition) is 0. The maximum Gasteiger partial charge on any atom is 0.0784 e. The lowest BCUT2D eigenvalue weighted by molar-refractivity contribution is 1.11. The summed E-state index contributed by atoms with van der Waals surface area (Å²) in [5.74, 6) is 0. The molecular formula is C72H48N4S. The van der Waals surface area contributed by atoms with E-state index in [4.69, 9.17) is 0 Å². The van der Waals surface area contributed by atoms with Gasteiger partial charge in [0.05, 0.1) is 49.8 Å². The van der Waals surface area contributed by atoms with Gasteiger partial charge in [0.15, 0.2) is 0 Å². The van der Waals surface area contributed by atoms with Crippen LogP contribution in [0.4, 0.5) is 0 Å². The van der Waals surface area contributed by atoms with Crippen LogP contribution >= 0.6 is 10.0 Å². The van der Waals surface area contributed by atoms with Crippen LogP contribution in [0.2, 0.25) is 0 Å². The highest BCUT2D eigenvalue weighted by atomic mass is 32.3. The van der Waals surface area contributed by atoms with Crippen LogP contribution in [0, 0.1) is 0 Å². The number of benzene rings is 12. The molecule has 4 aromatic heterocycles. The maximum absolute atomic E-state index is 2.54. The van der Waals surface area contributed by atoms with E-state index in [-0.39, 0.29) is 0 Å². The summed E-state index contributed by atoms with van der Waals surface area (Å²) in [5.41, 5.74) is 13.8. The highest BCUT2D eigenvalue weighted by Crippen LogP contribution is 2.73. The van der Waals surface area contributed by atoms with E-state index < -0.39 is 10.0 Å². The largest absolute Gasteiger partial charge is 0.309 e. The van der Waals surface area contributed by atoms with Crippen molar-refractivity contribution in [3.8, 4) is 22.7 Å². The highest BCUT2D eigenvalue weighted by molar-refractivity contribution is 8.34. The smallest absolute Gasteiger partial charge is 0.0784 e. The van der Waals surface area contributed by atoms with Gasteiger partial charge in [-0.15, -0.1) is 10.0 Å². The minimum Gasteiger partial charge on any atom is -0.309 e. The molecule has 16 aromatic rings. The molecule has 362 valence electrons. The molecule has 4 heterocycles. The monoisotopic (exact) mass is 1000 g/mol. The molecule has 0 aliphatic carbocycles. The highest BCUT2D eigenvalue weighted by Gasteiger charge is 2.34. The van der Waals surface area contributed by atoms with Crippen molar-refractivity contribution in [3.05, 3.63) is 291 Å². The second-order valence-corrected chi connectivity index (χ2v) is 23.2. The molecule has 0 N–H and O–H groups in total. The fourth-order valence-corrected chi connectivity index (χ4v) is 16.8. The number of fused-ring (bicyclic) bond motifs is 12. The third-order valence-corrected chi connectivity index (χ3v) is 19.9. The van der Waals surface area contributed by atoms with E-state index in [0.29, 0.717) is 0 Å². The van der Waals surface area contributed by atoms with Crippen LogP contribution in [-0.2, 0) is 0 Å². The van der Waals surface area contributed by atoms with Gasteiger partial charge in [-0.1, -0.05) is 164 Å². The Bertz CT molecular complexity index is 4770. The second kappa shape index (κ2) is 17.1. The standard InChI is InChI=1S/C72H48N4S/c1-5-23-49(24-6-1)73-69-43-41-50(45-61(69)62-48-55(42-44-70(62)73)77(52-25-7-2-8-26-52,53-27-9-3-10-28-53)54-29-11-4-12-30-54)75-66-38-20-17-35-60(66)63-46-51(74-64-36-18-13-31-56(64)57-32-14-19-37-65(57)74)47-71(72(63)75)76-67-39-21-15-33-58(67)59-34-16-22-40-68(59)76/h1-48H. The summed E-state index contributed by atoms with van der Waals surface area (Å²) in [6, 6.07) is 108. The molecule has 0 unspecified atom stereocenters. The molecule has 0 atom stereocenters. The van der Waals surface area contributed by atoms with Crippen LogP contribution in [-0.4, -0.2) is 18.3 Å². The average molecular weight is 1000 g/mol. The Morgan fingerprint density at radius 1 is 0.195 bits per heavy atom. The molecule has 4 nitrogen and oxygen atoms in total. The number of rotatable bonds is 8. The Hall–Kier alpha value is -9.81. The molecule has 0 fully saturated rings. The predicted octanol–water partition coefficient (Wildman–Crippen LogP) is 19.4. The molecule has 0 bridgehead atoms. The van der Waals surface area contributed by atoms with Gasteiger partial charge in [0.2, 0.25) is 0 Å². The molecule has 0 aliphatic heterocycles. The van der Waals surface area contributed by atoms with Gasteiger partial charge >= 0.3 is 0 Å². The first-order valence-electron chi connectivity index (χ1n) is 26.4. The van der Waals surface area contributed by atoms with Crippen LogP contribution in [0.25, 0.3) is 110 Å². The summed E-state index contributed by atoms with van der Waals surface area (Å²) in [7, 11) is -1.97. The van der Waals surface area contributed by atoms with Crippen LogP contribution in [0.3, 0.4) is 0 Å². The minimum absolute atomic E-state index is 1.10. The van der Waals surface area contributed by atoms with Gasteiger partial charge in [-0.2, -0.15) is 0 Å². The summed E-state index contributed by atoms with van der Waals surface area (Å²) in [5, 5.41) is 9.72. The molecule has 0 saturated heterocycles. The molecule has 12 aromatic carbocycles. The summed E-state index contributed by atoms with van der Waals surface area (Å²) in [4.78, 5) is 5.18. The van der Waals surface area contributed by atoms with Crippen molar-refractivity contribution in [3.63, 3.8) is 0 Å².